The van der Waals surface area contributed by atoms with E-state index in [0.717, 1.165) is 10.9 Å². The maximum absolute atomic E-state index is 12.1. The van der Waals surface area contributed by atoms with Gasteiger partial charge in [0.1, 0.15) is 11.8 Å². The average molecular weight is 330 g/mol. The van der Waals surface area contributed by atoms with Crippen molar-refractivity contribution in [3.8, 4) is 11.8 Å². The summed E-state index contributed by atoms with van der Waals surface area (Å²) >= 11 is 0. The van der Waals surface area contributed by atoms with E-state index in [4.69, 9.17) is 10.00 Å². The van der Waals surface area contributed by atoms with Crippen LogP contribution in [-0.4, -0.2) is 12.5 Å². The first-order valence-corrected chi connectivity index (χ1v) is 8.07. The average Bonchev–Trinajstić information content (AvgIpc) is 2.66. The van der Waals surface area contributed by atoms with E-state index >= 15 is 0 Å². The Morgan fingerprint density at radius 3 is 2.60 bits per heavy atom. The lowest BCUT2D eigenvalue weighted by atomic mass is 10.0. The summed E-state index contributed by atoms with van der Waals surface area (Å²) in [7, 11) is 0. The van der Waals surface area contributed by atoms with Gasteiger partial charge in [-0.15, -0.1) is 0 Å². The van der Waals surface area contributed by atoms with Crippen LogP contribution in [0.2, 0.25) is 0 Å². The molecule has 0 aromatic heterocycles. The van der Waals surface area contributed by atoms with Crippen LogP contribution in [0.15, 0.2) is 66.7 Å². The fourth-order valence-corrected chi connectivity index (χ4v) is 2.67. The zero-order valence-corrected chi connectivity index (χ0v) is 13.9. The van der Waals surface area contributed by atoms with Crippen LogP contribution in [-0.2, 0) is 4.79 Å². The number of ether oxygens (including phenoxy) is 1. The third kappa shape index (κ3) is 3.96. The van der Waals surface area contributed by atoms with E-state index in [1.54, 1.807) is 24.3 Å². The molecule has 3 aromatic rings. The lowest BCUT2D eigenvalue weighted by molar-refractivity contribution is -0.123. The van der Waals surface area contributed by atoms with Crippen LogP contribution in [0.3, 0.4) is 0 Å². The highest BCUT2D eigenvalue weighted by molar-refractivity contribution is 5.83. The van der Waals surface area contributed by atoms with E-state index in [0.29, 0.717) is 11.3 Å². The second-order valence-electron chi connectivity index (χ2n) is 5.79. The Labute approximate surface area is 146 Å². The van der Waals surface area contributed by atoms with Gasteiger partial charge in [0.2, 0.25) is 0 Å². The van der Waals surface area contributed by atoms with Gasteiger partial charge in [-0.05, 0) is 41.5 Å². The molecule has 4 heteroatoms. The smallest absolute Gasteiger partial charge is 0.258 e. The molecule has 0 spiro atoms. The molecule has 4 nitrogen and oxygen atoms in total. The number of amides is 1. The Hall–Kier alpha value is -3.32. The predicted molar refractivity (Wildman–Crippen MR) is 97.2 cm³/mol. The van der Waals surface area contributed by atoms with Crippen LogP contribution in [0.4, 0.5) is 0 Å². The van der Waals surface area contributed by atoms with Crippen LogP contribution < -0.4 is 10.1 Å². The quantitative estimate of drug-likeness (QED) is 0.770. The van der Waals surface area contributed by atoms with E-state index in [9.17, 15) is 4.79 Å². The maximum Gasteiger partial charge on any atom is 0.258 e. The number of nitriles is 1. The van der Waals surface area contributed by atoms with Gasteiger partial charge >= 0.3 is 0 Å². The minimum Gasteiger partial charge on any atom is -0.482 e. The van der Waals surface area contributed by atoms with Gasteiger partial charge in [-0.1, -0.05) is 48.5 Å². The van der Waals surface area contributed by atoms with Crippen molar-refractivity contribution in [3.05, 3.63) is 77.9 Å². The fourth-order valence-electron chi connectivity index (χ4n) is 2.67. The summed E-state index contributed by atoms with van der Waals surface area (Å²) in [4.78, 5) is 12.1. The van der Waals surface area contributed by atoms with Gasteiger partial charge in [0.25, 0.3) is 5.91 Å². The third-order valence-electron chi connectivity index (χ3n) is 4.02. The lowest BCUT2D eigenvalue weighted by Gasteiger charge is -2.15. The molecule has 124 valence electrons. The Bertz CT molecular complexity index is 944. The summed E-state index contributed by atoms with van der Waals surface area (Å²) in [5.41, 5.74) is 1.45. The molecule has 0 saturated carbocycles. The molecule has 1 amide bonds. The zero-order chi connectivity index (χ0) is 17.6. The van der Waals surface area contributed by atoms with E-state index < -0.39 is 0 Å². The fraction of sp³-hybridized carbons (Fsp3) is 0.143. The highest BCUT2D eigenvalue weighted by atomic mass is 16.5. The first kappa shape index (κ1) is 16.5. The SMILES string of the molecule is C[C@@H](NC(=O)COc1ccccc1C#N)c1ccc2ccccc2c1. The normalized spacial score (nSPS) is 11.5. The first-order valence-electron chi connectivity index (χ1n) is 8.07. The highest BCUT2D eigenvalue weighted by Gasteiger charge is 2.11. The number of carbonyl (C=O) groups excluding carboxylic acids is 1. The number of nitrogens with zero attached hydrogens (tertiary/aromatic N) is 1. The number of hydrogen-bond donors (Lipinski definition) is 1. The third-order valence-corrected chi connectivity index (χ3v) is 4.02. The monoisotopic (exact) mass is 330 g/mol. The Balaban J connectivity index is 1.62. The molecule has 3 rings (SSSR count). The molecule has 1 N–H and O–H groups in total. The molecular weight excluding hydrogens is 312 g/mol. The van der Waals surface area contributed by atoms with Gasteiger partial charge in [0, 0.05) is 0 Å². The van der Waals surface area contributed by atoms with Gasteiger partial charge in [-0.25, -0.2) is 0 Å². The summed E-state index contributed by atoms with van der Waals surface area (Å²) in [6.45, 7) is 1.81. The molecule has 0 bridgehead atoms. The molecule has 1 atom stereocenters. The van der Waals surface area contributed by atoms with E-state index in [1.165, 1.54) is 5.39 Å². The molecular formula is C21H18N2O2. The van der Waals surface area contributed by atoms with Crippen LogP contribution in [0, 0.1) is 11.3 Å². The number of hydrogen-bond acceptors (Lipinski definition) is 3. The summed E-state index contributed by atoms with van der Waals surface area (Å²) in [6, 6.07) is 23.0. The van der Waals surface area contributed by atoms with Crippen LogP contribution in [0.5, 0.6) is 5.75 Å². The topological polar surface area (TPSA) is 62.1 Å². The van der Waals surface area contributed by atoms with Crippen molar-refractivity contribution < 1.29 is 9.53 Å². The van der Waals surface area contributed by atoms with Crippen molar-refractivity contribution in [1.29, 1.82) is 5.26 Å². The van der Waals surface area contributed by atoms with Crippen LogP contribution >= 0.6 is 0 Å². The number of para-hydroxylation sites is 1. The van der Waals surface area contributed by atoms with Gasteiger partial charge in [0.15, 0.2) is 6.61 Å². The standard InChI is InChI=1S/C21H18N2O2/c1-15(17-11-10-16-6-2-3-7-18(16)12-17)23-21(24)14-25-20-9-5-4-8-19(20)13-22/h2-12,15H,14H2,1H3,(H,23,24)/t15-/m1/s1. The largest absolute Gasteiger partial charge is 0.482 e. The van der Waals surface area contributed by atoms with Crippen molar-refractivity contribution in [3.63, 3.8) is 0 Å². The van der Waals surface area contributed by atoms with Gasteiger partial charge < -0.3 is 10.1 Å². The first-order chi connectivity index (χ1) is 12.2. The number of benzene rings is 3. The molecule has 25 heavy (non-hydrogen) atoms. The predicted octanol–water partition coefficient (Wildman–Crippen LogP) is 3.97. The Morgan fingerprint density at radius 2 is 1.80 bits per heavy atom. The van der Waals surface area contributed by atoms with E-state index in [-0.39, 0.29) is 18.6 Å². The number of nitrogens with one attached hydrogen (secondary N) is 1. The summed E-state index contributed by atoms with van der Waals surface area (Å²) in [5.74, 6) is 0.187. The van der Waals surface area contributed by atoms with Crippen molar-refractivity contribution in [1.82, 2.24) is 5.32 Å². The molecule has 0 unspecified atom stereocenters. The van der Waals surface area contributed by atoms with Crippen molar-refractivity contribution in [2.75, 3.05) is 6.61 Å². The second kappa shape index (κ2) is 7.50. The van der Waals surface area contributed by atoms with E-state index in [2.05, 4.69) is 23.5 Å². The summed E-state index contributed by atoms with van der Waals surface area (Å²) in [6.07, 6.45) is 0. The lowest BCUT2D eigenvalue weighted by Crippen LogP contribution is -2.31. The van der Waals surface area contributed by atoms with Crippen LogP contribution in [0.1, 0.15) is 24.1 Å². The molecule has 0 aliphatic carbocycles. The van der Waals surface area contributed by atoms with Gasteiger partial charge in [-0.3, -0.25) is 4.79 Å². The minimum atomic E-state index is -0.228. The minimum absolute atomic E-state index is 0.128. The van der Waals surface area contributed by atoms with Crippen LogP contribution in [0.25, 0.3) is 10.8 Å². The number of rotatable bonds is 5. The molecule has 0 heterocycles. The summed E-state index contributed by atoms with van der Waals surface area (Å²) < 4.78 is 5.46. The molecule has 0 radical (unpaired) electrons. The van der Waals surface area contributed by atoms with Gasteiger partial charge in [-0.2, -0.15) is 5.26 Å². The highest BCUT2D eigenvalue weighted by Crippen LogP contribution is 2.20. The van der Waals surface area contributed by atoms with E-state index in [1.807, 2.05) is 37.3 Å². The summed E-state index contributed by atoms with van der Waals surface area (Å²) in [5, 5.41) is 14.3. The van der Waals surface area contributed by atoms with Crippen molar-refractivity contribution in [2.24, 2.45) is 0 Å². The second-order valence-corrected chi connectivity index (χ2v) is 5.79. The Kier molecular flexibility index (Phi) is 4.96. The molecule has 0 aliphatic rings. The zero-order valence-electron chi connectivity index (χ0n) is 13.9. The van der Waals surface area contributed by atoms with Crippen molar-refractivity contribution in [2.45, 2.75) is 13.0 Å². The van der Waals surface area contributed by atoms with Crippen molar-refractivity contribution >= 4 is 16.7 Å². The van der Waals surface area contributed by atoms with Gasteiger partial charge in [0.05, 0.1) is 11.6 Å². The molecule has 0 fully saturated rings. The maximum atomic E-state index is 12.1. The molecule has 0 saturated heterocycles. The number of fused-ring (bicyclic) bond motifs is 1. The molecule has 0 aliphatic heterocycles. The Morgan fingerprint density at radius 1 is 1.08 bits per heavy atom. The molecule has 3 aromatic carbocycles. The number of carbonyl (C=O) groups is 1.